The molecule has 7 nitrogen and oxygen atoms in total. The summed E-state index contributed by atoms with van der Waals surface area (Å²) in [6, 6.07) is 5.41. The number of rotatable bonds is 3. The van der Waals surface area contributed by atoms with Gasteiger partial charge in [-0.05, 0) is 19.2 Å². The molecule has 0 saturated carbocycles. The van der Waals surface area contributed by atoms with E-state index in [4.69, 9.17) is 0 Å². The van der Waals surface area contributed by atoms with Gasteiger partial charge in [-0.3, -0.25) is 4.79 Å². The molecule has 2 aliphatic rings. The normalized spacial score (nSPS) is 22.9. The monoisotopic (exact) mass is 344 g/mol. The van der Waals surface area contributed by atoms with Crippen molar-refractivity contribution in [3.8, 4) is 0 Å². The molecule has 8 heteroatoms. The van der Waals surface area contributed by atoms with Gasteiger partial charge >= 0.3 is 0 Å². The highest BCUT2D eigenvalue weighted by Crippen LogP contribution is 2.35. The zero-order valence-electron chi connectivity index (χ0n) is 13.8. The van der Waals surface area contributed by atoms with Crippen LogP contribution in [0.4, 0.5) is 11.6 Å². The van der Waals surface area contributed by atoms with Gasteiger partial charge in [-0.15, -0.1) is 0 Å². The van der Waals surface area contributed by atoms with Crippen LogP contribution in [-0.2, 0) is 0 Å². The summed E-state index contributed by atoms with van der Waals surface area (Å²) in [5.74, 6) is 3.10. The number of hydrogen-bond donors (Lipinski definition) is 1. The minimum absolute atomic E-state index is 0.159. The van der Waals surface area contributed by atoms with Crippen molar-refractivity contribution >= 4 is 23.4 Å². The first-order valence-corrected chi connectivity index (χ1v) is 9.30. The number of H-pyrrole nitrogens is 1. The van der Waals surface area contributed by atoms with Crippen molar-refractivity contribution in [1.29, 1.82) is 0 Å². The topological polar surface area (TPSA) is 78.0 Å². The molecule has 2 saturated heterocycles. The lowest BCUT2D eigenvalue weighted by Crippen LogP contribution is -2.30. The van der Waals surface area contributed by atoms with E-state index in [-0.39, 0.29) is 5.56 Å². The fourth-order valence-corrected chi connectivity index (χ4v) is 4.08. The number of fused-ring (bicyclic) bond motifs is 1. The molecular weight excluding hydrogens is 324 g/mol. The molecule has 0 spiro atoms. The third-order valence-corrected chi connectivity index (χ3v) is 5.35. The Bertz CT molecular complexity index is 775. The highest BCUT2D eigenvalue weighted by atomic mass is 32.2. The first kappa shape index (κ1) is 15.4. The van der Waals surface area contributed by atoms with E-state index in [1.54, 1.807) is 17.8 Å². The van der Waals surface area contributed by atoms with Crippen molar-refractivity contribution in [1.82, 2.24) is 20.2 Å². The molecule has 0 amide bonds. The van der Waals surface area contributed by atoms with Gasteiger partial charge in [-0.25, -0.2) is 15.1 Å². The van der Waals surface area contributed by atoms with Crippen LogP contribution in [0.3, 0.4) is 0 Å². The van der Waals surface area contributed by atoms with Crippen LogP contribution >= 0.6 is 11.8 Å². The number of nitrogens with zero attached hydrogens (tertiary/aromatic N) is 5. The molecule has 4 heterocycles. The van der Waals surface area contributed by atoms with Crippen molar-refractivity contribution in [2.24, 2.45) is 11.8 Å². The second-order valence-electron chi connectivity index (χ2n) is 6.46. The van der Waals surface area contributed by atoms with E-state index in [9.17, 15) is 4.79 Å². The molecule has 2 atom stereocenters. The van der Waals surface area contributed by atoms with Gasteiger partial charge < -0.3 is 9.80 Å². The summed E-state index contributed by atoms with van der Waals surface area (Å²) < 4.78 is 0. The van der Waals surface area contributed by atoms with E-state index in [1.165, 1.54) is 6.07 Å². The zero-order chi connectivity index (χ0) is 16.7. The van der Waals surface area contributed by atoms with Crippen LogP contribution < -0.4 is 15.4 Å². The van der Waals surface area contributed by atoms with Gasteiger partial charge in [0.1, 0.15) is 11.6 Å². The summed E-state index contributed by atoms with van der Waals surface area (Å²) in [7, 11) is 0. The highest BCUT2D eigenvalue weighted by molar-refractivity contribution is 7.98. The van der Waals surface area contributed by atoms with Gasteiger partial charge in [0, 0.05) is 55.8 Å². The highest BCUT2D eigenvalue weighted by Gasteiger charge is 2.41. The molecule has 24 heavy (non-hydrogen) atoms. The number of hydrogen-bond acceptors (Lipinski definition) is 7. The van der Waals surface area contributed by atoms with E-state index in [2.05, 4.69) is 36.0 Å². The van der Waals surface area contributed by atoms with Crippen LogP contribution in [0.15, 0.2) is 28.2 Å². The van der Waals surface area contributed by atoms with Gasteiger partial charge in [-0.2, -0.15) is 5.10 Å². The average molecular weight is 344 g/mol. The SMILES string of the molecule is CSc1nc(C)cc(N2CC3CN(c4ccc(=O)[nH]n4)CC3C2)n1. The Labute approximate surface area is 144 Å². The first-order chi connectivity index (χ1) is 11.6. The largest absolute Gasteiger partial charge is 0.356 e. The average Bonchev–Trinajstić information content (AvgIpc) is 3.14. The predicted molar refractivity (Wildman–Crippen MR) is 94.8 cm³/mol. The number of aryl methyl sites for hydroxylation is 1. The molecule has 1 N–H and O–H groups in total. The Morgan fingerprint density at radius 2 is 1.75 bits per heavy atom. The third kappa shape index (κ3) is 2.86. The van der Waals surface area contributed by atoms with Gasteiger partial charge in [0.25, 0.3) is 5.56 Å². The number of aromatic nitrogens is 4. The molecule has 126 valence electrons. The lowest BCUT2D eigenvalue weighted by molar-refractivity contribution is 0.533. The first-order valence-electron chi connectivity index (χ1n) is 8.07. The molecule has 0 aromatic carbocycles. The summed E-state index contributed by atoms with van der Waals surface area (Å²) in [6.07, 6.45) is 2.01. The lowest BCUT2D eigenvalue weighted by atomic mass is 10.0. The Hall–Kier alpha value is -2.09. The van der Waals surface area contributed by atoms with E-state index < -0.39 is 0 Å². The Kier molecular flexibility index (Phi) is 3.91. The van der Waals surface area contributed by atoms with E-state index in [0.29, 0.717) is 11.8 Å². The molecule has 2 aromatic heterocycles. The summed E-state index contributed by atoms with van der Waals surface area (Å²) in [4.78, 5) is 24.9. The Morgan fingerprint density at radius 3 is 2.33 bits per heavy atom. The van der Waals surface area contributed by atoms with Crippen LogP contribution in [0.25, 0.3) is 0 Å². The van der Waals surface area contributed by atoms with Crippen LogP contribution in [0.5, 0.6) is 0 Å². The Balaban J connectivity index is 1.47. The second kappa shape index (κ2) is 6.08. The second-order valence-corrected chi connectivity index (χ2v) is 7.24. The smallest absolute Gasteiger partial charge is 0.264 e. The summed E-state index contributed by atoms with van der Waals surface area (Å²) >= 11 is 1.58. The number of nitrogens with one attached hydrogen (secondary N) is 1. The summed E-state index contributed by atoms with van der Waals surface area (Å²) in [5, 5.41) is 7.50. The summed E-state index contributed by atoms with van der Waals surface area (Å²) in [6.45, 7) is 5.98. The van der Waals surface area contributed by atoms with Crippen molar-refractivity contribution in [3.05, 3.63) is 34.2 Å². The molecule has 2 aliphatic heterocycles. The van der Waals surface area contributed by atoms with Gasteiger partial charge in [0.15, 0.2) is 5.16 Å². The fraction of sp³-hybridized carbons (Fsp3) is 0.500. The maximum absolute atomic E-state index is 11.2. The molecule has 2 aromatic rings. The minimum atomic E-state index is -0.159. The fourth-order valence-electron chi connectivity index (χ4n) is 3.66. The number of aromatic amines is 1. The molecule has 0 aliphatic carbocycles. The van der Waals surface area contributed by atoms with E-state index >= 15 is 0 Å². The molecule has 2 fully saturated rings. The van der Waals surface area contributed by atoms with Crippen molar-refractivity contribution in [2.75, 3.05) is 42.2 Å². The van der Waals surface area contributed by atoms with Crippen molar-refractivity contribution in [3.63, 3.8) is 0 Å². The molecule has 2 unspecified atom stereocenters. The van der Waals surface area contributed by atoms with E-state index in [1.807, 2.05) is 13.2 Å². The molecule has 0 bridgehead atoms. The molecular formula is C16H20N6OS. The standard InChI is InChI=1S/C16H20N6OS/c1-10-5-14(18-16(17-10)24-2)22-8-11-6-21(7-12(11)9-22)13-3-4-15(23)20-19-13/h3-5,11-12H,6-9H2,1-2H3,(H,20,23). The Morgan fingerprint density at radius 1 is 1.08 bits per heavy atom. The van der Waals surface area contributed by atoms with Gasteiger partial charge in [0.2, 0.25) is 0 Å². The van der Waals surface area contributed by atoms with Crippen LogP contribution in [0.2, 0.25) is 0 Å². The van der Waals surface area contributed by atoms with Crippen molar-refractivity contribution in [2.45, 2.75) is 12.1 Å². The van der Waals surface area contributed by atoms with Gasteiger partial charge in [-0.1, -0.05) is 11.8 Å². The maximum Gasteiger partial charge on any atom is 0.264 e. The third-order valence-electron chi connectivity index (χ3n) is 4.80. The van der Waals surface area contributed by atoms with Crippen LogP contribution in [-0.4, -0.2) is 52.6 Å². The lowest BCUT2D eigenvalue weighted by Gasteiger charge is -2.23. The van der Waals surface area contributed by atoms with Crippen LogP contribution in [0, 0.1) is 18.8 Å². The van der Waals surface area contributed by atoms with Gasteiger partial charge in [0.05, 0.1) is 0 Å². The number of thioether (sulfide) groups is 1. The predicted octanol–water partition coefficient (Wildman–Crippen LogP) is 1.16. The number of anilines is 2. The molecule has 4 rings (SSSR count). The molecule has 0 radical (unpaired) electrons. The minimum Gasteiger partial charge on any atom is -0.356 e. The van der Waals surface area contributed by atoms with E-state index in [0.717, 1.165) is 48.7 Å². The quantitative estimate of drug-likeness (QED) is 0.661. The zero-order valence-corrected chi connectivity index (χ0v) is 14.6. The van der Waals surface area contributed by atoms with Crippen molar-refractivity contribution < 1.29 is 0 Å². The van der Waals surface area contributed by atoms with Crippen LogP contribution in [0.1, 0.15) is 5.69 Å². The maximum atomic E-state index is 11.2. The summed E-state index contributed by atoms with van der Waals surface area (Å²) in [5.41, 5.74) is 0.855.